The topological polar surface area (TPSA) is 71.5 Å². The van der Waals surface area contributed by atoms with Crippen LogP contribution in [0.15, 0.2) is 36.9 Å². The second-order valence-corrected chi connectivity index (χ2v) is 7.65. The minimum Gasteiger partial charge on any atom is -0.496 e. The molecule has 0 radical (unpaired) electrons. The first-order chi connectivity index (χ1) is 14.5. The number of carbonyl (C=O) groups is 1. The van der Waals surface area contributed by atoms with Crippen LogP contribution in [0.2, 0.25) is 0 Å². The van der Waals surface area contributed by atoms with E-state index in [2.05, 4.69) is 25.3 Å². The number of aliphatic hydroxyl groups excluding tert-OH is 1. The van der Waals surface area contributed by atoms with Crippen molar-refractivity contribution in [3.05, 3.63) is 42.5 Å². The molecule has 0 spiro atoms. The van der Waals surface area contributed by atoms with Gasteiger partial charge in [-0.15, -0.1) is 6.58 Å². The van der Waals surface area contributed by atoms with Crippen molar-refractivity contribution in [3.8, 4) is 5.75 Å². The van der Waals surface area contributed by atoms with Gasteiger partial charge in [0.1, 0.15) is 5.75 Å². The van der Waals surface area contributed by atoms with Gasteiger partial charge in [-0.3, -0.25) is 9.69 Å². The molecule has 1 N–H and O–H groups in total. The average Bonchev–Trinajstić information content (AvgIpc) is 2.77. The average molecular weight is 421 g/mol. The van der Waals surface area contributed by atoms with Gasteiger partial charge < -0.3 is 24.2 Å². The molecule has 2 rings (SSSR count). The van der Waals surface area contributed by atoms with Crippen molar-refractivity contribution in [1.82, 2.24) is 9.80 Å². The van der Waals surface area contributed by atoms with Crippen LogP contribution >= 0.6 is 0 Å². The molecule has 0 saturated carbocycles. The van der Waals surface area contributed by atoms with Gasteiger partial charge in [-0.2, -0.15) is 0 Å². The van der Waals surface area contributed by atoms with Gasteiger partial charge in [0.2, 0.25) is 0 Å². The van der Waals surface area contributed by atoms with E-state index in [1.807, 2.05) is 17.0 Å². The van der Waals surface area contributed by atoms with Gasteiger partial charge in [-0.25, -0.2) is 0 Å². The van der Waals surface area contributed by atoms with E-state index in [4.69, 9.17) is 14.2 Å². The first-order valence-corrected chi connectivity index (χ1v) is 10.6. The summed E-state index contributed by atoms with van der Waals surface area (Å²) >= 11 is 0. The van der Waals surface area contributed by atoms with Crippen LogP contribution in [0.3, 0.4) is 0 Å². The Morgan fingerprint density at radius 3 is 2.93 bits per heavy atom. The lowest BCUT2D eigenvalue weighted by molar-refractivity contribution is -0.0601. The van der Waals surface area contributed by atoms with E-state index >= 15 is 0 Å². The van der Waals surface area contributed by atoms with Crippen molar-refractivity contribution in [2.45, 2.75) is 38.5 Å². The Bertz CT molecular complexity index is 669. The molecule has 7 heteroatoms. The molecular formula is C23H36N2O5. The highest BCUT2D eigenvalue weighted by molar-refractivity contribution is 5.97. The number of aliphatic hydroxyl groups is 1. The second-order valence-electron chi connectivity index (χ2n) is 7.65. The number of benzene rings is 1. The number of amides is 1. The molecule has 30 heavy (non-hydrogen) atoms. The summed E-state index contributed by atoms with van der Waals surface area (Å²) < 4.78 is 16.7. The summed E-state index contributed by atoms with van der Waals surface area (Å²) in [5.74, 6) is 0.519. The van der Waals surface area contributed by atoms with E-state index in [9.17, 15) is 9.90 Å². The van der Waals surface area contributed by atoms with Crippen LogP contribution in [0.25, 0.3) is 0 Å². The molecule has 1 saturated heterocycles. The Morgan fingerprint density at radius 2 is 2.23 bits per heavy atom. The normalized spacial score (nSPS) is 19.1. The van der Waals surface area contributed by atoms with E-state index in [-0.39, 0.29) is 24.7 Å². The molecule has 1 aromatic rings. The van der Waals surface area contributed by atoms with Gasteiger partial charge in [0.05, 0.1) is 44.7 Å². The summed E-state index contributed by atoms with van der Waals surface area (Å²) in [6.07, 6.45) is 1.83. The molecule has 1 heterocycles. The van der Waals surface area contributed by atoms with Crippen LogP contribution in [0.1, 0.15) is 30.6 Å². The summed E-state index contributed by atoms with van der Waals surface area (Å²) in [7, 11) is 1.58. The van der Waals surface area contributed by atoms with E-state index in [0.29, 0.717) is 44.2 Å². The summed E-state index contributed by atoms with van der Waals surface area (Å²) in [6.45, 7) is 11.4. The SMILES string of the molecule is C=CCOCC(O)CN1CCOC(CN(C(=O)c2ccccc2OC)C(C)CC)C1. The van der Waals surface area contributed by atoms with Crippen LogP contribution in [-0.2, 0) is 9.47 Å². The third kappa shape index (κ3) is 7.09. The number of β-amino-alcohol motifs (C(OH)–C–C–N with tert-alkyl or cyclic N) is 1. The molecule has 1 aromatic carbocycles. The van der Waals surface area contributed by atoms with E-state index in [1.54, 1.807) is 25.3 Å². The number of para-hydroxylation sites is 1. The number of rotatable bonds is 12. The van der Waals surface area contributed by atoms with Crippen molar-refractivity contribution < 1.29 is 24.1 Å². The number of hydrogen-bond acceptors (Lipinski definition) is 6. The Hall–Kier alpha value is -1.93. The zero-order chi connectivity index (χ0) is 21.9. The van der Waals surface area contributed by atoms with Gasteiger partial charge in [0.25, 0.3) is 5.91 Å². The number of carbonyl (C=O) groups excluding carboxylic acids is 1. The van der Waals surface area contributed by atoms with Crippen LogP contribution in [0, 0.1) is 0 Å². The Morgan fingerprint density at radius 1 is 1.47 bits per heavy atom. The van der Waals surface area contributed by atoms with Crippen molar-refractivity contribution >= 4 is 5.91 Å². The molecule has 1 amide bonds. The fourth-order valence-electron chi connectivity index (χ4n) is 3.57. The maximum absolute atomic E-state index is 13.3. The monoisotopic (exact) mass is 420 g/mol. The van der Waals surface area contributed by atoms with Gasteiger partial charge in [-0.05, 0) is 25.5 Å². The first kappa shape index (κ1) is 24.3. The molecule has 0 bridgehead atoms. The van der Waals surface area contributed by atoms with E-state index in [1.165, 1.54) is 0 Å². The second kappa shape index (κ2) is 12.7. The lowest BCUT2D eigenvalue weighted by Gasteiger charge is -2.38. The highest BCUT2D eigenvalue weighted by Gasteiger charge is 2.29. The molecule has 1 fully saturated rings. The van der Waals surface area contributed by atoms with Gasteiger partial charge in [0.15, 0.2) is 0 Å². The molecule has 0 aromatic heterocycles. The number of morpholine rings is 1. The minimum atomic E-state index is -0.565. The maximum atomic E-state index is 13.3. The zero-order valence-electron chi connectivity index (χ0n) is 18.5. The summed E-state index contributed by atoms with van der Waals surface area (Å²) in [5, 5.41) is 10.2. The Labute approximate surface area is 180 Å². The van der Waals surface area contributed by atoms with Crippen molar-refractivity contribution in [2.24, 2.45) is 0 Å². The Balaban J connectivity index is 2.02. The van der Waals surface area contributed by atoms with Crippen molar-refractivity contribution in [2.75, 3.05) is 53.1 Å². The first-order valence-electron chi connectivity index (χ1n) is 10.6. The van der Waals surface area contributed by atoms with Crippen LogP contribution < -0.4 is 4.74 Å². The lowest BCUT2D eigenvalue weighted by Crippen LogP contribution is -2.52. The molecule has 168 valence electrons. The molecule has 3 unspecified atom stereocenters. The molecule has 7 nitrogen and oxygen atoms in total. The molecule has 1 aliphatic rings. The smallest absolute Gasteiger partial charge is 0.257 e. The predicted octanol–water partition coefficient (Wildman–Crippen LogP) is 2.20. The van der Waals surface area contributed by atoms with Gasteiger partial charge in [0, 0.05) is 32.2 Å². The largest absolute Gasteiger partial charge is 0.496 e. The van der Waals surface area contributed by atoms with Gasteiger partial charge in [-0.1, -0.05) is 25.1 Å². The number of nitrogens with zero attached hydrogens (tertiary/aromatic N) is 2. The van der Waals surface area contributed by atoms with Crippen LogP contribution in [0.4, 0.5) is 0 Å². The lowest BCUT2D eigenvalue weighted by atomic mass is 10.1. The molecular weight excluding hydrogens is 384 g/mol. The molecule has 1 aliphatic heterocycles. The van der Waals surface area contributed by atoms with E-state index in [0.717, 1.165) is 13.0 Å². The van der Waals surface area contributed by atoms with E-state index < -0.39 is 6.10 Å². The third-order valence-electron chi connectivity index (χ3n) is 5.36. The highest BCUT2D eigenvalue weighted by atomic mass is 16.5. The van der Waals surface area contributed by atoms with Gasteiger partial charge >= 0.3 is 0 Å². The number of ether oxygens (including phenoxy) is 3. The third-order valence-corrected chi connectivity index (χ3v) is 5.36. The Kier molecular flexibility index (Phi) is 10.3. The quantitative estimate of drug-likeness (QED) is 0.413. The van der Waals surface area contributed by atoms with Crippen molar-refractivity contribution in [3.63, 3.8) is 0 Å². The standard InChI is InChI=1S/C23H36N2O5/c1-5-12-29-17-19(26)14-24-11-13-30-20(15-24)16-25(18(3)6-2)23(27)21-9-7-8-10-22(21)28-4/h5,7-10,18-20,26H,1,6,11-17H2,2-4H3. The molecule has 0 aliphatic carbocycles. The number of hydrogen-bond donors (Lipinski definition) is 1. The maximum Gasteiger partial charge on any atom is 0.257 e. The number of methoxy groups -OCH3 is 1. The summed E-state index contributed by atoms with van der Waals surface area (Å²) in [5.41, 5.74) is 0.558. The summed E-state index contributed by atoms with van der Waals surface area (Å²) in [4.78, 5) is 17.4. The zero-order valence-corrected chi connectivity index (χ0v) is 18.5. The fourth-order valence-corrected chi connectivity index (χ4v) is 3.57. The predicted molar refractivity (Wildman–Crippen MR) is 117 cm³/mol. The highest BCUT2D eigenvalue weighted by Crippen LogP contribution is 2.22. The fraction of sp³-hybridized carbons (Fsp3) is 0.609. The van der Waals surface area contributed by atoms with Crippen molar-refractivity contribution in [1.29, 1.82) is 0 Å². The molecule has 3 atom stereocenters. The van der Waals surface area contributed by atoms with Crippen LogP contribution in [-0.4, -0.2) is 92.2 Å². The minimum absolute atomic E-state index is 0.0552. The van der Waals surface area contributed by atoms with Crippen LogP contribution in [0.5, 0.6) is 5.75 Å². The summed E-state index contributed by atoms with van der Waals surface area (Å²) in [6, 6.07) is 7.37.